The van der Waals surface area contributed by atoms with Crippen LogP contribution in [-0.4, -0.2) is 68.3 Å². The Balaban J connectivity index is 1.84. The van der Waals surface area contributed by atoms with Gasteiger partial charge in [0, 0.05) is 25.7 Å². The fourth-order valence-electron chi connectivity index (χ4n) is 3.23. The Labute approximate surface area is 129 Å². The number of ether oxygens (including phenoxy) is 2. The number of nitrogens with zero attached hydrogens (tertiary/aromatic N) is 2. The summed E-state index contributed by atoms with van der Waals surface area (Å²) in [7, 11) is 3.50. The molecule has 0 bridgehead atoms. The average molecular weight is 308 g/mol. The number of carbonyl (C=O) groups excluding carboxylic acids is 1. The maximum atomic E-state index is 14.2. The number of fused-ring (bicyclic) bond motifs is 1. The van der Waals surface area contributed by atoms with Gasteiger partial charge in [0.05, 0.1) is 31.4 Å². The molecule has 3 rings (SSSR count). The highest BCUT2D eigenvalue weighted by Gasteiger charge is 2.39. The van der Waals surface area contributed by atoms with E-state index in [1.54, 1.807) is 11.0 Å². The Morgan fingerprint density at radius 2 is 2.23 bits per heavy atom. The Bertz CT molecular complexity index is 566. The lowest BCUT2D eigenvalue weighted by Gasteiger charge is -2.46. The summed E-state index contributed by atoms with van der Waals surface area (Å²) >= 11 is 0. The molecule has 120 valence electrons. The van der Waals surface area contributed by atoms with Crippen LogP contribution in [0.2, 0.25) is 0 Å². The summed E-state index contributed by atoms with van der Waals surface area (Å²) in [6, 6.07) is 4.34. The van der Waals surface area contributed by atoms with Crippen LogP contribution in [0.3, 0.4) is 0 Å². The standard InChI is InChI=1S/C16H21FN2O3/c1-18-6-5-15-14(10-18)19(7-8-22-15)16(20)12-4-3-11(21-2)9-13(12)17/h3-4,9,14-15H,5-8,10H2,1-2H3/t14-,15+/m0/s1. The monoisotopic (exact) mass is 308 g/mol. The third-order valence-corrected chi connectivity index (χ3v) is 4.46. The topological polar surface area (TPSA) is 42.0 Å². The minimum absolute atomic E-state index is 0.0125. The minimum Gasteiger partial charge on any atom is -0.497 e. The molecule has 0 aromatic heterocycles. The second kappa shape index (κ2) is 6.22. The minimum atomic E-state index is -0.545. The summed E-state index contributed by atoms with van der Waals surface area (Å²) in [5, 5.41) is 0. The highest BCUT2D eigenvalue weighted by atomic mass is 19.1. The largest absolute Gasteiger partial charge is 0.497 e. The molecule has 6 heteroatoms. The summed E-state index contributed by atoms with van der Waals surface area (Å²) in [6.45, 7) is 2.72. The zero-order valence-electron chi connectivity index (χ0n) is 12.9. The molecule has 0 saturated carbocycles. The van der Waals surface area contributed by atoms with E-state index >= 15 is 0 Å². The van der Waals surface area contributed by atoms with Gasteiger partial charge < -0.3 is 19.3 Å². The van der Waals surface area contributed by atoms with E-state index in [1.807, 2.05) is 7.05 Å². The number of methoxy groups -OCH3 is 1. The number of amides is 1. The molecule has 2 aliphatic rings. The number of morpholine rings is 1. The van der Waals surface area contributed by atoms with E-state index in [0.29, 0.717) is 18.9 Å². The second-order valence-corrected chi connectivity index (χ2v) is 5.87. The van der Waals surface area contributed by atoms with Crippen LogP contribution in [0.4, 0.5) is 4.39 Å². The quantitative estimate of drug-likeness (QED) is 0.828. The van der Waals surface area contributed by atoms with Crippen molar-refractivity contribution in [3.05, 3.63) is 29.6 Å². The van der Waals surface area contributed by atoms with Crippen molar-refractivity contribution in [3.8, 4) is 5.75 Å². The number of halogens is 1. The number of piperidine rings is 1. The van der Waals surface area contributed by atoms with Gasteiger partial charge >= 0.3 is 0 Å². The lowest BCUT2D eigenvalue weighted by atomic mass is 9.98. The third kappa shape index (κ3) is 2.80. The fraction of sp³-hybridized carbons (Fsp3) is 0.562. The van der Waals surface area contributed by atoms with Crippen molar-refractivity contribution in [1.29, 1.82) is 0 Å². The fourth-order valence-corrected chi connectivity index (χ4v) is 3.23. The van der Waals surface area contributed by atoms with Crippen LogP contribution in [0, 0.1) is 5.82 Å². The van der Waals surface area contributed by atoms with Crippen LogP contribution >= 0.6 is 0 Å². The molecule has 2 saturated heterocycles. The first-order valence-electron chi connectivity index (χ1n) is 7.55. The molecule has 1 aromatic carbocycles. The summed E-state index contributed by atoms with van der Waals surface area (Å²) in [4.78, 5) is 16.7. The van der Waals surface area contributed by atoms with E-state index in [0.717, 1.165) is 19.5 Å². The zero-order chi connectivity index (χ0) is 15.7. The van der Waals surface area contributed by atoms with Crippen molar-refractivity contribution >= 4 is 5.91 Å². The van der Waals surface area contributed by atoms with E-state index in [2.05, 4.69) is 4.90 Å². The SMILES string of the molecule is COc1ccc(C(=O)N2CCO[C@@H]3CCN(C)C[C@@H]32)c(F)c1. The molecule has 0 radical (unpaired) electrons. The maximum Gasteiger partial charge on any atom is 0.257 e. The number of rotatable bonds is 2. The molecule has 2 fully saturated rings. The van der Waals surface area contributed by atoms with Crippen LogP contribution in [0.25, 0.3) is 0 Å². The molecule has 1 aromatic rings. The molecule has 0 spiro atoms. The second-order valence-electron chi connectivity index (χ2n) is 5.87. The summed E-state index contributed by atoms with van der Waals surface area (Å²) < 4.78 is 24.9. The van der Waals surface area contributed by atoms with Gasteiger partial charge in [-0.2, -0.15) is 0 Å². The molecule has 1 amide bonds. The summed E-state index contributed by atoms with van der Waals surface area (Å²) in [5.74, 6) is -0.406. The van der Waals surface area contributed by atoms with Crippen molar-refractivity contribution in [2.45, 2.75) is 18.6 Å². The average Bonchev–Trinajstić information content (AvgIpc) is 2.53. The van der Waals surface area contributed by atoms with Gasteiger partial charge in [0.15, 0.2) is 0 Å². The molecule has 0 aliphatic carbocycles. The molecule has 0 N–H and O–H groups in total. The Morgan fingerprint density at radius 1 is 1.41 bits per heavy atom. The van der Waals surface area contributed by atoms with E-state index in [4.69, 9.17) is 9.47 Å². The Kier molecular flexibility index (Phi) is 4.31. The van der Waals surface area contributed by atoms with Crippen molar-refractivity contribution in [2.75, 3.05) is 40.4 Å². The van der Waals surface area contributed by atoms with Gasteiger partial charge in [0.25, 0.3) is 5.91 Å². The normalized spacial score (nSPS) is 25.7. The molecule has 22 heavy (non-hydrogen) atoms. The van der Waals surface area contributed by atoms with Crippen molar-refractivity contribution in [2.24, 2.45) is 0 Å². The lowest BCUT2D eigenvalue weighted by molar-refractivity contribution is -0.0870. The van der Waals surface area contributed by atoms with E-state index in [-0.39, 0.29) is 23.6 Å². The first-order valence-corrected chi connectivity index (χ1v) is 7.55. The Hall–Kier alpha value is -1.66. The first kappa shape index (κ1) is 15.2. The summed E-state index contributed by atoms with van der Waals surface area (Å²) in [5.41, 5.74) is 0.0923. The van der Waals surface area contributed by atoms with Crippen molar-refractivity contribution in [1.82, 2.24) is 9.80 Å². The predicted molar refractivity (Wildman–Crippen MR) is 79.6 cm³/mol. The lowest BCUT2D eigenvalue weighted by Crippen LogP contribution is -2.60. The first-order chi connectivity index (χ1) is 10.6. The van der Waals surface area contributed by atoms with Crippen LogP contribution < -0.4 is 4.74 Å². The molecular weight excluding hydrogens is 287 g/mol. The molecular formula is C16H21FN2O3. The van der Waals surface area contributed by atoms with E-state index in [1.165, 1.54) is 19.2 Å². The summed E-state index contributed by atoms with van der Waals surface area (Å²) in [6.07, 6.45) is 0.950. The van der Waals surface area contributed by atoms with Crippen LogP contribution in [-0.2, 0) is 4.74 Å². The predicted octanol–water partition coefficient (Wildman–Crippen LogP) is 1.38. The van der Waals surface area contributed by atoms with Gasteiger partial charge in [0.1, 0.15) is 11.6 Å². The van der Waals surface area contributed by atoms with Crippen LogP contribution in [0.15, 0.2) is 18.2 Å². The number of hydrogen-bond acceptors (Lipinski definition) is 4. The van der Waals surface area contributed by atoms with Crippen molar-refractivity contribution in [3.63, 3.8) is 0 Å². The van der Waals surface area contributed by atoms with Gasteiger partial charge in [-0.1, -0.05) is 0 Å². The zero-order valence-corrected chi connectivity index (χ0v) is 12.9. The number of benzene rings is 1. The van der Waals surface area contributed by atoms with Crippen molar-refractivity contribution < 1.29 is 18.7 Å². The molecule has 2 aliphatic heterocycles. The smallest absolute Gasteiger partial charge is 0.257 e. The number of likely N-dealkylation sites (N-methyl/N-ethyl adjacent to an activating group) is 1. The van der Waals surface area contributed by atoms with Gasteiger partial charge in [-0.25, -0.2) is 4.39 Å². The van der Waals surface area contributed by atoms with Gasteiger partial charge in [-0.05, 0) is 25.6 Å². The molecule has 0 unspecified atom stereocenters. The third-order valence-electron chi connectivity index (χ3n) is 4.46. The van der Waals surface area contributed by atoms with E-state index < -0.39 is 5.82 Å². The van der Waals surface area contributed by atoms with Gasteiger partial charge in [0.2, 0.25) is 0 Å². The van der Waals surface area contributed by atoms with E-state index in [9.17, 15) is 9.18 Å². The Morgan fingerprint density at radius 3 is 2.95 bits per heavy atom. The van der Waals surface area contributed by atoms with Crippen LogP contribution in [0.5, 0.6) is 5.75 Å². The van der Waals surface area contributed by atoms with Crippen LogP contribution in [0.1, 0.15) is 16.8 Å². The maximum absolute atomic E-state index is 14.2. The molecule has 2 heterocycles. The number of carbonyl (C=O) groups is 1. The highest BCUT2D eigenvalue weighted by Crippen LogP contribution is 2.25. The van der Waals surface area contributed by atoms with Gasteiger partial charge in [-0.15, -0.1) is 0 Å². The number of likely N-dealkylation sites (tertiary alicyclic amines) is 1. The highest BCUT2D eigenvalue weighted by molar-refractivity contribution is 5.95. The molecule has 2 atom stereocenters. The van der Waals surface area contributed by atoms with Gasteiger partial charge in [-0.3, -0.25) is 4.79 Å². The number of hydrogen-bond donors (Lipinski definition) is 0. The molecule has 5 nitrogen and oxygen atoms in total.